The summed E-state index contributed by atoms with van der Waals surface area (Å²) < 4.78 is 67.6. The molecule has 3 aromatic carbocycles. The molecule has 3 aromatic rings. The lowest BCUT2D eigenvalue weighted by Crippen LogP contribution is -2.45. The van der Waals surface area contributed by atoms with Crippen LogP contribution in [0.1, 0.15) is 48.3 Å². The number of hydrogen-bond donors (Lipinski definition) is 6. The molecule has 1 unspecified atom stereocenters. The highest BCUT2D eigenvalue weighted by atomic mass is 32.2. The van der Waals surface area contributed by atoms with E-state index in [4.69, 9.17) is 30.5 Å². The van der Waals surface area contributed by atoms with Crippen molar-refractivity contribution in [1.29, 1.82) is 5.41 Å². The first-order valence-electron chi connectivity index (χ1n) is 13.7. The number of alkyl halides is 3. The summed E-state index contributed by atoms with van der Waals surface area (Å²) >= 11 is 0. The van der Waals surface area contributed by atoms with Crippen molar-refractivity contribution in [3.63, 3.8) is 0 Å². The molecule has 0 aliphatic carbocycles. The second-order valence-electron chi connectivity index (χ2n) is 9.89. The number of benzene rings is 3. The molecule has 254 valence electrons. The number of anilines is 1. The number of carbonyl (C=O) groups excluding carboxylic acids is 2. The number of ether oxygens (including phenoxy) is 2. The Bertz CT molecular complexity index is 1700. The van der Waals surface area contributed by atoms with Crippen molar-refractivity contribution in [2.45, 2.75) is 44.0 Å². The summed E-state index contributed by atoms with van der Waals surface area (Å²) in [5.41, 5.74) is 11.7. The van der Waals surface area contributed by atoms with Crippen LogP contribution in [-0.2, 0) is 19.4 Å². The van der Waals surface area contributed by atoms with Crippen LogP contribution in [0, 0.1) is 5.41 Å². The summed E-state index contributed by atoms with van der Waals surface area (Å²) in [5, 5.41) is 17.8. The maximum absolute atomic E-state index is 13.4. The second kappa shape index (κ2) is 16.3. The lowest BCUT2D eigenvalue weighted by atomic mass is 10.0. The van der Waals surface area contributed by atoms with E-state index in [-0.39, 0.29) is 22.4 Å². The van der Waals surface area contributed by atoms with Gasteiger partial charge in [0.25, 0.3) is 11.8 Å². The molecule has 0 heterocycles. The van der Waals surface area contributed by atoms with Crippen molar-refractivity contribution < 1.29 is 50.6 Å². The average molecular weight is 682 g/mol. The number of hydrazine groups is 1. The van der Waals surface area contributed by atoms with Gasteiger partial charge in [0.05, 0.1) is 23.2 Å². The molecule has 0 aromatic heterocycles. The fraction of sp³-hybridized carbons (Fsp3) is 0.267. The summed E-state index contributed by atoms with van der Waals surface area (Å²) in [6, 6.07) is 16.3. The molecule has 17 heteroatoms. The fourth-order valence-electron chi connectivity index (χ4n) is 3.77. The second-order valence-corrected chi connectivity index (χ2v) is 11.9. The number of nitrogens with two attached hydrogens (primary N) is 1. The number of rotatable bonds is 11. The highest BCUT2D eigenvalue weighted by Crippen LogP contribution is 2.33. The highest BCUT2D eigenvalue weighted by molar-refractivity contribution is 7.90. The zero-order chi connectivity index (χ0) is 35.5. The zero-order valence-electron chi connectivity index (χ0n) is 25.6. The molecule has 47 heavy (non-hydrogen) atoms. The van der Waals surface area contributed by atoms with Gasteiger partial charge in [-0.3, -0.25) is 25.8 Å². The summed E-state index contributed by atoms with van der Waals surface area (Å²) in [4.78, 5) is 35.0. The van der Waals surface area contributed by atoms with Crippen LogP contribution in [0.15, 0.2) is 71.6 Å². The minimum atomic E-state index is -5.08. The lowest BCUT2D eigenvalue weighted by molar-refractivity contribution is -0.192. The largest absolute Gasteiger partial charge is 0.490 e. The molecule has 0 radical (unpaired) electrons. The number of nitrogen functional groups attached to an aromatic ring is 1. The van der Waals surface area contributed by atoms with Gasteiger partial charge < -0.3 is 25.6 Å². The van der Waals surface area contributed by atoms with Crippen molar-refractivity contribution in [2.75, 3.05) is 18.2 Å². The number of aliphatic carboxylic acids is 1. The molecule has 2 amide bonds. The predicted molar refractivity (Wildman–Crippen MR) is 166 cm³/mol. The van der Waals surface area contributed by atoms with E-state index in [1.165, 1.54) is 24.3 Å². The van der Waals surface area contributed by atoms with Gasteiger partial charge >= 0.3 is 12.1 Å². The molecule has 1 atom stereocenters. The van der Waals surface area contributed by atoms with Gasteiger partial charge in [-0.2, -0.15) is 13.2 Å². The third-order valence-electron chi connectivity index (χ3n) is 5.81. The molecule has 0 spiro atoms. The van der Waals surface area contributed by atoms with E-state index in [0.717, 1.165) is 6.26 Å². The quantitative estimate of drug-likeness (QED) is 0.0979. The first-order valence-corrected chi connectivity index (χ1v) is 15.6. The highest BCUT2D eigenvalue weighted by Gasteiger charge is 2.38. The van der Waals surface area contributed by atoms with Gasteiger partial charge in [0.1, 0.15) is 11.9 Å². The normalized spacial score (nSPS) is 11.7. The van der Waals surface area contributed by atoms with Crippen LogP contribution in [0.4, 0.5) is 18.9 Å². The van der Waals surface area contributed by atoms with Gasteiger partial charge in [-0.05, 0) is 74.9 Å². The van der Waals surface area contributed by atoms with Crippen LogP contribution in [-0.4, -0.2) is 62.3 Å². The molecule has 7 N–H and O–H groups in total. The van der Waals surface area contributed by atoms with Gasteiger partial charge in [0.2, 0.25) is 0 Å². The maximum atomic E-state index is 13.4. The Hall–Kier alpha value is -5.32. The Morgan fingerprint density at radius 1 is 0.979 bits per heavy atom. The zero-order valence-corrected chi connectivity index (χ0v) is 26.5. The lowest BCUT2D eigenvalue weighted by Gasteiger charge is -2.22. The summed E-state index contributed by atoms with van der Waals surface area (Å²) in [6.07, 6.45) is -4.19. The van der Waals surface area contributed by atoms with E-state index in [2.05, 4.69) is 16.2 Å². The predicted octanol–water partition coefficient (Wildman–Crippen LogP) is 3.81. The van der Waals surface area contributed by atoms with Gasteiger partial charge in [-0.15, -0.1) is 0 Å². The van der Waals surface area contributed by atoms with Gasteiger partial charge in [0.15, 0.2) is 21.3 Å². The van der Waals surface area contributed by atoms with Crippen molar-refractivity contribution in [3.05, 3.63) is 83.4 Å². The summed E-state index contributed by atoms with van der Waals surface area (Å²) in [5.74, 6) is -3.34. The van der Waals surface area contributed by atoms with E-state index >= 15 is 0 Å². The third kappa shape index (κ3) is 11.5. The average Bonchev–Trinajstić information content (AvgIpc) is 2.99. The molecule has 0 fully saturated rings. The van der Waals surface area contributed by atoms with Crippen LogP contribution in [0.25, 0.3) is 0 Å². The number of amidine groups is 1. The maximum Gasteiger partial charge on any atom is 0.490 e. The number of hydrogen-bond acceptors (Lipinski definition) is 9. The third-order valence-corrected chi connectivity index (χ3v) is 6.96. The number of halogens is 3. The Kier molecular flexibility index (Phi) is 13.1. The molecule has 0 aliphatic heterocycles. The van der Waals surface area contributed by atoms with E-state index in [0.29, 0.717) is 34.9 Å². The topological polar surface area (TPSA) is 210 Å². The molecule has 0 aliphatic rings. The van der Waals surface area contributed by atoms with Gasteiger partial charge in [0, 0.05) is 17.5 Å². The van der Waals surface area contributed by atoms with E-state index in [9.17, 15) is 31.2 Å². The van der Waals surface area contributed by atoms with E-state index < -0.39 is 39.8 Å². The molecule has 3 rings (SSSR count). The van der Waals surface area contributed by atoms with Crippen LogP contribution in [0.5, 0.6) is 11.5 Å². The number of carboxylic acids is 1. The Morgan fingerprint density at radius 3 is 2.09 bits per heavy atom. The van der Waals surface area contributed by atoms with Crippen molar-refractivity contribution in [1.82, 2.24) is 10.9 Å². The number of nitrogens with one attached hydrogen (secondary N) is 4. The van der Waals surface area contributed by atoms with E-state index in [1.807, 2.05) is 20.8 Å². The Balaban J connectivity index is 0.000000984. The summed E-state index contributed by atoms with van der Waals surface area (Å²) in [7, 11) is -3.69. The molecule has 0 saturated carbocycles. The Morgan fingerprint density at radius 2 is 1.57 bits per heavy atom. The molecular weight excluding hydrogens is 647 g/mol. The SMILES string of the molecule is CCOc1cc(C(Nc2ccc(C(=N)N)cc2)C(=O)NNC(=O)c2ccccc2S(C)(=O)=O)ccc1OC(C)C.O=C(O)C(F)(F)F. The first kappa shape index (κ1) is 37.9. The van der Waals surface area contributed by atoms with Crippen LogP contribution in [0.2, 0.25) is 0 Å². The molecule has 0 bridgehead atoms. The smallest absolute Gasteiger partial charge is 0.490 e. The number of amides is 2. The number of carbonyl (C=O) groups is 3. The van der Waals surface area contributed by atoms with Crippen LogP contribution < -0.4 is 31.4 Å². The number of sulfone groups is 1. The molecular formula is C30H34F3N5O8S. The fourth-order valence-corrected chi connectivity index (χ4v) is 4.66. The molecule has 0 saturated heterocycles. The first-order chi connectivity index (χ1) is 21.8. The Labute approximate surface area is 268 Å². The van der Waals surface area contributed by atoms with Gasteiger partial charge in [-0.1, -0.05) is 18.2 Å². The van der Waals surface area contributed by atoms with Crippen molar-refractivity contribution >= 4 is 39.1 Å². The van der Waals surface area contributed by atoms with Crippen molar-refractivity contribution in [2.24, 2.45) is 5.73 Å². The minimum absolute atomic E-state index is 0.0972. The van der Waals surface area contributed by atoms with Crippen LogP contribution >= 0.6 is 0 Å². The van der Waals surface area contributed by atoms with E-state index in [1.54, 1.807) is 42.5 Å². The number of carboxylic acid groups (broad SMARTS) is 1. The standard InChI is InChI=1S/C28H33N5O6S.C2HF3O2/c1-5-38-23-16-19(12-15-22(23)39-17(2)3)25(31-20-13-10-18(11-14-20)26(29)30)28(35)33-32-27(34)21-8-6-7-9-24(21)40(4,36)37;3-2(4,5)1(6)7/h6-17,25,31H,5H2,1-4H3,(H3,29,30)(H,32,34)(H,33,35);(H,6,7). The minimum Gasteiger partial charge on any atom is -0.490 e. The monoisotopic (exact) mass is 681 g/mol. The van der Waals surface area contributed by atoms with Gasteiger partial charge in [-0.25, -0.2) is 13.2 Å². The van der Waals surface area contributed by atoms with Crippen LogP contribution in [0.3, 0.4) is 0 Å². The van der Waals surface area contributed by atoms with Crippen molar-refractivity contribution in [3.8, 4) is 11.5 Å². The molecule has 13 nitrogen and oxygen atoms in total. The summed E-state index contributed by atoms with van der Waals surface area (Å²) in [6.45, 7) is 5.97.